The van der Waals surface area contributed by atoms with Gasteiger partial charge in [-0.05, 0) is 6.42 Å². The zero-order valence-corrected chi connectivity index (χ0v) is 17.8. The summed E-state index contributed by atoms with van der Waals surface area (Å²) in [5, 5.41) is 9.30. The fraction of sp³-hybridized carbons (Fsp3) is 0.957. The second kappa shape index (κ2) is 16.4. The van der Waals surface area contributed by atoms with Crippen molar-refractivity contribution in [3.8, 4) is 0 Å². The van der Waals surface area contributed by atoms with Gasteiger partial charge in [-0.3, -0.25) is 4.79 Å². The van der Waals surface area contributed by atoms with Crippen molar-refractivity contribution in [2.24, 2.45) is 5.41 Å². The van der Waals surface area contributed by atoms with Crippen molar-refractivity contribution in [3.63, 3.8) is 0 Å². The van der Waals surface area contributed by atoms with E-state index in [1.165, 1.54) is 83.5 Å². The molecule has 0 spiro atoms. The second-order valence-electron chi connectivity index (χ2n) is 8.51. The molecule has 160 valence electrons. The van der Waals surface area contributed by atoms with Crippen LogP contribution in [0.4, 0.5) is 0 Å². The third kappa shape index (κ3) is 12.5. The van der Waals surface area contributed by atoms with Gasteiger partial charge < -0.3 is 14.6 Å². The Balaban J connectivity index is 1.75. The molecule has 0 unspecified atom stereocenters. The molecule has 1 aliphatic rings. The average molecular weight is 385 g/mol. The van der Waals surface area contributed by atoms with Gasteiger partial charge in [0.1, 0.15) is 6.61 Å². The van der Waals surface area contributed by atoms with Crippen LogP contribution >= 0.6 is 0 Å². The molecule has 0 saturated carbocycles. The molecule has 1 fully saturated rings. The molecule has 1 rings (SSSR count). The third-order valence-electron chi connectivity index (χ3n) is 5.68. The van der Waals surface area contributed by atoms with Crippen LogP contribution < -0.4 is 0 Å². The van der Waals surface area contributed by atoms with Crippen LogP contribution in [0.3, 0.4) is 0 Å². The van der Waals surface area contributed by atoms with Crippen LogP contribution in [0.5, 0.6) is 0 Å². The first-order chi connectivity index (χ1) is 13.2. The van der Waals surface area contributed by atoms with E-state index in [0.29, 0.717) is 26.2 Å². The van der Waals surface area contributed by atoms with Gasteiger partial charge in [-0.1, -0.05) is 96.8 Å². The number of aliphatic hydroxyl groups excluding tert-OH is 1. The molecule has 0 bridgehead atoms. The van der Waals surface area contributed by atoms with Crippen molar-refractivity contribution in [1.82, 2.24) is 0 Å². The van der Waals surface area contributed by atoms with Crippen LogP contribution in [-0.4, -0.2) is 37.5 Å². The number of hydrogen-bond acceptors (Lipinski definition) is 4. The number of rotatable bonds is 19. The minimum absolute atomic E-state index is 0.0270. The van der Waals surface area contributed by atoms with Crippen LogP contribution in [0.2, 0.25) is 0 Å². The number of unbranched alkanes of at least 4 members (excludes halogenated alkanes) is 14. The van der Waals surface area contributed by atoms with Crippen molar-refractivity contribution < 1.29 is 19.4 Å². The summed E-state index contributed by atoms with van der Waals surface area (Å²) in [7, 11) is 0. The summed E-state index contributed by atoms with van der Waals surface area (Å²) in [5.41, 5.74) is -0.329. The molecule has 0 amide bonds. The Morgan fingerprint density at radius 3 is 1.63 bits per heavy atom. The Bertz CT molecular complexity index is 347. The molecule has 4 nitrogen and oxygen atoms in total. The monoisotopic (exact) mass is 384 g/mol. The Labute approximate surface area is 167 Å². The molecule has 1 N–H and O–H groups in total. The standard InChI is InChI=1S/C23H44O4/c1-2-3-4-5-6-7-8-9-10-11-12-13-14-15-16-17-22(25)27-21-23(18-24)19-26-20-23/h24H,2-21H2,1H3. The third-order valence-corrected chi connectivity index (χ3v) is 5.68. The van der Waals surface area contributed by atoms with E-state index in [9.17, 15) is 9.90 Å². The summed E-state index contributed by atoms with van der Waals surface area (Å²) < 4.78 is 10.4. The van der Waals surface area contributed by atoms with Crippen LogP contribution in [0, 0.1) is 5.41 Å². The van der Waals surface area contributed by atoms with Gasteiger partial charge in [-0.25, -0.2) is 0 Å². The Morgan fingerprint density at radius 1 is 0.815 bits per heavy atom. The van der Waals surface area contributed by atoms with Gasteiger partial charge in [0.15, 0.2) is 0 Å². The first-order valence-corrected chi connectivity index (χ1v) is 11.6. The summed E-state index contributed by atoms with van der Waals surface area (Å²) in [4.78, 5) is 11.7. The van der Waals surface area contributed by atoms with Crippen molar-refractivity contribution in [2.45, 2.75) is 110 Å². The maximum absolute atomic E-state index is 11.7. The van der Waals surface area contributed by atoms with Gasteiger partial charge in [0.05, 0.1) is 25.2 Å². The Morgan fingerprint density at radius 2 is 1.26 bits per heavy atom. The van der Waals surface area contributed by atoms with Crippen molar-refractivity contribution in [1.29, 1.82) is 0 Å². The zero-order valence-electron chi connectivity index (χ0n) is 17.8. The highest BCUT2D eigenvalue weighted by atomic mass is 16.5. The first-order valence-electron chi connectivity index (χ1n) is 11.6. The summed E-state index contributed by atoms with van der Waals surface area (Å²) in [6.07, 6.45) is 20.4. The topological polar surface area (TPSA) is 55.8 Å². The Hall–Kier alpha value is -0.610. The molecule has 1 saturated heterocycles. The number of hydrogen-bond donors (Lipinski definition) is 1. The highest BCUT2D eigenvalue weighted by Gasteiger charge is 2.39. The summed E-state index contributed by atoms with van der Waals surface area (Å²) in [6, 6.07) is 0. The lowest BCUT2D eigenvalue weighted by atomic mass is 9.88. The van der Waals surface area contributed by atoms with Crippen LogP contribution in [0.1, 0.15) is 110 Å². The molecule has 0 atom stereocenters. The van der Waals surface area contributed by atoms with E-state index in [1.807, 2.05) is 0 Å². The SMILES string of the molecule is CCCCCCCCCCCCCCCCCC(=O)OCC1(CO)COC1. The van der Waals surface area contributed by atoms with E-state index < -0.39 is 0 Å². The van der Waals surface area contributed by atoms with Gasteiger partial charge in [-0.15, -0.1) is 0 Å². The summed E-state index contributed by atoms with van der Waals surface area (Å²) >= 11 is 0. The second-order valence-corrected chi connectivity index (χ2v) is 8.51. The van der Waals surface area contributed by atoms with Gasteiger partial charge in [0.2, 0.25) is 0 Å². The molecule has 0 aromatic carbocycles. The normalized spacial score (nSPS) is 15.5. The Kier molecular flexibility index (Phi) is 14.8. The fourth-order valence-electron chi connectivity index (χ4n) is 3.56. The van der Waals surface area contributed by atoms with Gasteiger partial charge in [0, 0.05) is 6.42 Å². The average Bonchev–Trinajstić information content (AvgIpc) is 2.64. The number of esters is 1. The van der Waals surface area contributed by atoms with Crippen molar-refractivity contribution >= 4 is 5.97 Å². The molecule has 0 radical (unpaired) electrons. The lowest BCUT2D eigenvalue weighted by Gasteiger charge is -2.38. The maximum Gasteiger partial charge on any atom is 0.305 e. The van der Waals surface area contributed by atoms with Crippen LogP contribution in [-0.2, 0) is 14.3 Å². The van der Waals surface area contributed by atoms with E-state index in [0.717, 1.165) is 12.8 Å². The quantitative estimate of drug-likeness (QED) is 0.226. The highest BCUT2D eigenvalue weighted by molar-refractivity contribution is 5.69. The van der Waals surface area contributed by atoms with Crippen LogP contribution in [0.15, 0.2) is 0 Å². The summed E-state index contributed by atoms with van der Waals surface area (Å²) in [6.45, 7) is 3.58. The lowest BCUT2D eigenvalue weighted by Crippen LogP contribution is -2.49. The van der Waals surface area contributed by atoms with Gasteiger partial charge >= 0.3 is 5.97 Å². The van der Waals surface area contributed by atoms with Crippen LogP contribution in [0.25, 0.3) is 0 Å². The lowest BCUT2D eigenvalue weighted by molar-refractivity contribution is -0.179. The summed E-state index contributed by atoms with van der Waals surface area (Å²) in [5.74, 6) is -0.135. The van der Waals surface area contributed by atoms with Crippen molar-refractivity contribution in [2.75, 3.05) is 26.4 Å². The number of aliphatic hydroxyl groups is 1. The van der Waals surface area contributed by atoms with E-state index >= 15 is 0 Å². The minimum atomic E-state index is -0.329. The van der Waals surface area contributed by atoms with E-state index in [2.05, 4.69) is 6.92 Å². The largest absolute Gasteiger partial charge is 0.465 e. The molecule has 1 aliphatic heterocycles. The molecular formula is C23H44O4. The maximum atomic E-state index is 11.7. The molecule has 4 heteroatoms. The van der Waals surface area contributed by atoms with Gasteiger partial charge in [-0.2, -0.15) is 0 Å². The first kappa shape index (κ1) is 24.4. The number of carbonyl (C=O) groups excluding carboxylic acids is 1. The molecular weight excluding hydrogens is 340 g/mol. The number of carbonyl (C=O) groups is 1. The molecule has 0 aromatic heterocycles. The predicted molar refractivity (Wildman–Crippen MR) is 111 cm³/mol. The predicted octanol–water partition coefficient (Wildman–Crippen LogP) is 5.80. The minimum Gasteiger partial charge on any atom is -0.465 e. The highest BCUT2D eigenvalue weighted by Crippen LogP contribution is 2.27. The van der Waals surface area contributed by atoms with E-state index in [4.69, 9.17) is 9.47 Å². The number of ether oxygens (including phenoxy) is 2. The zero-order chi connectivity index (χ0) is 19.6. The molecule has 27 heavy (non-hydrogen) atoms. The smallest absolute Gasteiger partial charge is 0.305 e. The van der Waals surface area contributed by atoms with Gasteiger partial charge in [0.25, 0.3) is 0 Å². The fourth-order valence-corrected chi connectivity index (χ4v) is 3.56. The van der Waals surface area contributed by atoms with E-state index in [1.54, 1.807) is 0 Å². The van der Waals surface area contributed by atoms with Crippen molar-refractivity contribution in [3.05, 3.63) is 0 Å². The molecule has 1 heterocycles. The molecule has 0 aromatic rings. The molecule has 0 aliphatic carbocycles. The van der Waals surface area contributed by atoms with E-state index in [-0.39, 0.29) is 18.0 Å².